The Labute approximate surface area is 119 Å². The maximum absolute atomic E-state index is 9.65. The molecule has 0 heterocycles. The molecule has 0 bridgehead atoms. The molecular formula is C16H34N2O. The van der Waals surface area contributed by atoms with Crippen molar-refractivity contribution in [3.05, 3.63) is 0 Å². The second kappa shape index (κ2) is 8.23. The van der Waals surface area contributed by atoms with E-state index in [0.717, 1.165) is 25.4 Å². The van der Waals surface area contributed by atoms with E-state index in [1.807, 2.05) is 0 Å². The van der Waals surface area contributed by atoms with Gasteiger partial charge in [-0.2, -0.15) is 0 Å². The lowest BCUT2D eigenvalue weighted by Gasteiger charge is -2.40. The van der Waals surface area contributed by atoms with Gasteiger partial charge in [-0.1, -0.05) is 20.3 Å². The van der Waals surface area contributed by atoms with Crippen LogP contribution in [0, 0.1) is 5.92 Å². The Hall–Kier alpha value is -0.120. The van der Waals surface area contributed by atoms with Crippen LogP contribution in [0.15, 0.2) is 0 Å². The van der Waals surface area contributed by atoms with Gasteiger partial charge < -0.3 is 15.3 Å². The van der Waals surface area contributed by atoms with Crippen molar-refractivity contribution >= 4 is 0 Å². The van der Waals surface area contributed by atoms with Gasteiger partial charge in [-0.25, -0.2) is 0 Å². The quantitative estimate of drug-likeness (QED) is 0.712. The SMILES string of the molecule is CCCNC(C)(CO)CN(C)C1CCC(CC)CC1. The fraction of sp³-hybridized carbons (Fsp3) is 1.00. The average Bonchev–Trinajstić information content (AvgIpc) is 2.45. The van der Waals surface area contributed by atoms with Crippen molar-refractivity contribution < 1.29 is 5.11 Å². The van der Waals surface area contributed by atoms with Gasteiger partial charge in [-0.3, -0.25) is 0 Å². The second-order valence-electron chi connectivity index (χ2n) is 6.64. The van der Waals surface area contributed by atoms with Gasteiger partial charge >= 0.3 is 0 Å². The first-order chi connectivity index (χ1) is 9.04. The second-order valence-corrected chi connectivity index (χ2v) is 6.64. The minimum atomic E-state index is -0.160. The number of aliphatic hydroxyl groups is 1. The van der Waals surface area contributed by atoms with Crippen LogP contribution >= 0.6 is 0 Å². The molecule has 114 valence electrons. The van der Waals surface area contributed by atoms with E-state index in [0.29, 0.717) is 6.04 Å². The largest absolute Gasteiger partial charge is 0.394 e. The molecule has 0 aromatic heterocycles. The molecule has 1 aliphatic rings. The third kappa shape index (κ3) is 5.41. The van der Waals surface area contributed by atoms with Gasteiger partial charge in [0.25, 0.3) is 0 Å². The maximum Gasteiger partial charge on any atom is 0.0623 e. The summed E-state index contributed by atoms with van der Waals surface area (Å²) in [5.41, 5.74) is -0.160. The first-order valence-electron chi connectivity index (χ1n) is 8.10. The lowest BCUT2D eigenvalue weighted by atomic mass is 9.83. The summed E-state index contributed by atoms with van der Waals surface area (Å²) in [7, 11) is 2.22. The van der Waals surface area contributed by atoms with Gasteiger partial charge in [-0.05, 0) is 58.5 Å². The Balaban J connectivity index is 2.42. The molecule has 0 aliphatic heterocycles. The van der Waals surface area contributed by atoms with E-state index >= 15 is 0 Å². The number of nitrogens with one attached hydrogen (secondary N) is 1. The highest BCUT2D eigenvalue weighted by atomic mass is 16.3. The van der Waals surface area contributed by atoms with Crippen LogP contribution in [0.2, 0.25) is 0 Å². The number of hydrogen-bond acceptors (Lipinski definition) is 3. The number of likely N-dealkylation sites (N-methyl/N-ethyl adjacent to an activating group) is 1. The van der Waals surface area contributed by atoms with Crippen molar-refractivity contribution in [1.82, 2.24) is 10.2 Å². The molecule has 0 amide bonds. The molecule has 3 heteroatoms. The van der Waals surface area contributed by atoms with Gasteiger partial charge in [0.05, 0.1) is 12.1 Å². The van der Waals surface area contributed by atoms with Crippen LogP contribution in [0.25, 0.3) is 0 Å². The molecule has 0 spiro atoms. The molecular weight excluding hydrogens is 236 g/mol. The van der Waals surface area contributed by atoms with Crippen molar-refractivity contribution in [2.24, 2.45) is 5.92 Å². The van der Waals surface area contributed by atoms with E-state index in [1.54, 1.807) is 0 Å². The molecule has 0 radical (unpaired) electrons. The topological polar surface area (TPSA) is 35.5 Å². The van der Waals surface area contributed by atoms with Gasteiger partial charge in [-0.15, -0.1) is 0 Å². The lowest BCUT2D eigenvalue weighted by molar-refractivity contribution is 0.0908. The van der Waals surface area contributed by atoms with E-state index in [4.69, 9.17) is 0 Å². The highest BCUT2D eigenvalue weighted by Gasteiger charge is 2.29. The molecule has 0 saturated heterocycles. The molecule has 1 fully saturated rings. The van der Waals surface area contributed by atoms with Crippen LogP contribution < -0.4 is 5.32 Å². The van der Waals surface area contributed by atoms with E-state index < -0.39 is 0 Å². The van der Waals surface area contributed by atoms with E-state index in [-0.39, 0.29) is 12.1 Å². The lowest BCUT2D eigenvalue weighted by Crippen LogP contribution is -2.55. The third-order valence-corrected chi connectivity index (χ3v) is 4.77. The molecule has 1 rings (SSSR count). The standard InChI is InChI=1S/C16H34N2O/c1-5-11-17-16(3,13-19)12-18(4)15-9-7-14(6-2)8-10-15/h14-15,17,19H,5-13H2,1-4H3. The molecule has 1 aliphatic carbocycles. The van der Waals surface area contributed by atoms with E-state index in [9.17, 15) is 5.11 Å². The minimum Gasteiger partial charge on any atom is -0.394 e. The summed E-state index contributed by atoms with van der Waals surface area (Å²) in [5, 5.41) is 13.1. The summed E-state index contributed by atoms with van der Waals surface area (Å²) in [6.45, 7) is 8.74. The normalized spacial score (nSPS) is 27.5. The van der Waals surface area contributed by atoms with Crippen LogP contribution in [-0.2, 0) is 0 Å². The van der Waals surface area contributed by atoms with Gasteiger partial charge in [0, 0.05) is 12.6 Å². The zero-order valence-electron chi connectivity index (χ0n) is 13.4. The van der Waals surface area contributed by atoms with Crippen molar-refractivity contribution in [1.29, 1.82) is 0 Å². The molecule has 2 N–H and O–H groups in total. The Morgan fingerprint density at radius 3 is 2.32 bits per heavy atom. The fourth-order valence-corrected chi connectivity index (χ4v) is 3.26. The molecule has 1 saturated carbocycles. The molecule has 1 atom stereocenters. The summed E-state index contributed by atoms with van der Waals surface area (Å²) in [4.78, 5) is 2.46. The average molecular weight is 270 g/mol. The van der Waals surface area contributed by atoms with Crippen LogP contribution in [0.5, 0.6) is 0 Å². The summed E-state index contributed by atoms with van der Waals surface area (Å²) < 4.78 is 0. The zero-order valence-corrected chi connectivity index (χ0v) is 13.4. The van der Waals surface area contributed by atoms with Crippen LogP contribution in [0.1, 0.15) is 59.3 Å². The highest BCUT2D eigenvalue weighted by Crippen LogP contribution is 2.29. The molecule has 0 aromatic carbocycles. The number of aliphatic hydroxyl groups excluding tert-OH is 1. The Morgan fingerprint density at radius 2 is 1.84 bits per heavy atom. The van der Waals surface area contributed by atoms with Gasteiger partial charge in [0.15, 0.2) is 0 Å². The fourth-order valence-electron chi connectivity index (χ4n) is 3.26. The van der Waals surface area contributed by atoms with Crippen molar-refractivity contribution in [3.8, 4) is 0 Å². The monoisotopic (exact) mass is 270 g/mol. The Morgan fingerprint density at radius 1 is 1.21 bits per heavy atom. The first kappa shape index (κ1) is 16.9. The predicted molar refractivity (Wildman–Crippen MR) is 82.5 cm³/mol. The third-order valence-electron chi connectivity index (χ3n) is 4.77. The zero-order chi connectivity index (χ0) is 14.3. The number of rotatable bonds is 8. The number of nitrogens with zero attached hydrogens (tertiary/aromatic N) is 1. The van der Waals surface area contributed by atoms with E-state index in [2.05, 4.69) is 38.0 Å². The molecule has 0 aromatic rings. The summed E-state index contributed by atoms with van der Waals surface area (Å²) >= 11 is 0. The summed E-state index contributed by atoms with van der Waals surface area (Å²) in [5.74, 6) is 0.951. The smallest absolute Gasteiger partial charge is 0.0623 e. The van der Waals surface area contributed by atoms with Crippen molar-refractivity contribution in [2.45, 2.75) is 70.9 Å². The minimum absolute atomic E-state index is 0.160. The van der Waals surface area contributed by atoms with E-state index in [1.165, 1.54) is 32.1 Å². The summed E-state index contributed by atoms with van der Waals surface area (Å²) in [6, 6.07) is 0.706. The van der Waals surface area contributed by atoms with Crippen LogP contribution in [0.4, 0.5) is 0 Å². The summed E-state index contributed by atoms with van der Waals surface area (Å²) in [6.07, 6.45) is 7.85. The van der Waals surface area contributed by atoms with Crippen molar-refractivity contribution in [2.75, 3.05) is 26.7 Å². The Bertz CT molecular complexity index is 239. The molecule has 19 heavy (non-hydrogen) atoms. The first-order valence-corrected chi connectivity index (χ1v) is 8.10. The maximum atomic E-state index is 9.65. The predicted octanol–water partition coefficient (Wildman–Crippen LogP) is 2.64. The van der Waals surface area contributed by atoms with Crippen LogP contribution in [-0.4, -0.2) is 48.3 Å². The van der Waals surface area contributed by atoms with Gasteiger partial charge in [0.2, 0.25) is 0 Å². The molecule has 1 unspecified atom stereocenters. The van der Waals surface area contributed by atoms with Crippen molar-refractivity contribution in [3.63, 3.8) is 0 Å². The van der Waals surface area contributed by atoms with Crippen LogP contribution in [0.3, 0.4) is 0 Å². The molecule has 3 nitrogen and oxygen atoms in total. The Kier molecular flexibility index (Phi) is 7.33. The number of hydrogen-bond donors (Lipinski definition) is 2. The highest BCUT2D eigenvalue weighted by molar-refractivity contribution is 4.88. The van der Waals surface area contributed by atoms with Gasteiger partial charge in [0.1, 0.15) is 0 Å².